The Labute approximate surface area is 167 Å². The molecule has 0 unspecified atom stereocenters. The van der Waals surface area contributed by atoms with Gasteiger partial charge in [0.25, 0.3) is 5.91 Å². The monoisotopic (exact) mass is 408 g/mol. The normalized spacial score (nSPS) is 17.1. The highest BCUT2D eigenvalue weighted by atomic mass is 35.5. The van der Waals surface area contributed by atoms with Gasteiger partial charge < -0.3 is 10.2 Å². The molecule has 1 aliphatic heterocycles. The van der Waals surface area contributed by atoms with Crippen LogP contribution in [0.3, 0.4) is 0 Å². The Morgan fingerprint density at radius 1 is 1.37 bits per heavy atom. The van der Waals surface area contributed by atoms with E-state index in [1.54, 1.807) is 12.1 Å². The molecule has 3 heterocycles. The molecule has 1 fully saturated rings. The van der Waals surface area contributed by atoms with Crippen LogP contribution in [0.15, 0.2) is 30.3 Å². The smallest absolute Gasteiger partial charge is 0.264 e. The molecule has 0 saturated carbocycles. The summed E-state index contributed by atoms with van der Waals surface area (Å²) in [5.74, 6) is -0.155. The lowest BCUT2D eigenvalue weighted by atomic mass is 10.2. The molecule has 8 heteroatoms. The number of carbonyl (C=O) groups excluding carboxylic acids is 1. The first-order valence-electron chi connectivity index (χ1n) is 8.76. The van der Waals surface area contributed by atoms with Gasteiger partial charge in [-0.05, 0) is 37.6 Å². The van der Waals surface area contributed by atoms with E-state index < -0.39 is 0 Å². The van der Waals surface area contributed by atoms with Crippen LogP contribution in [0.4, 0.5) is 4.39 Å². The third-order valence-electron chi connectivity index (χ3n) is 4.83. The van der Waals surface area contributed by atoms with Gasteiger partial charge in [-0.1, -0.05) is 12.1 Å². The van der Waals surface area contributed by atoms with E-state index in [1.807, 2.05) is 22.6 Å². The second-order valence-electron chi connectivity index (χ2n) is 6.75. The van der Waals surface area contributed by atoms with Crippen LogP contribution in [-0.4, -0.2) is 46.3 Å². The molecule has 2 aromatic heterocycles. The zero-order chi connectivity index (χ0) is 18.3. The zero-order valence-corrected chi connectivity index (χ0v) is 16.9. The molecule has 1 saturated heterocycles. The largest absolute Gasteiger partial charge is 0.333 e. The molecule has 1 aromatic carbocycles. The Morgan fingerprint density at radius 3 is 2.81 bits per heavy atom. The Hall–Kier alpha value is -1.96. The minimum absolute atomic E-state index is 0. The summed E-state index contributed by atoms with van der Waals surface area (Å²) in [6, 6.07) is 8.59. The minimum atomic E-state index is -0.246. The maximum absolute atomic E-state index is 13.1. The number of amides is 1. The van der Waals surface area contributed by atoms with Crippen LogP contribution in [0.2, 0.25) is 0 Å². The van der Waals surface area contributed by atoms with Gasteiger partial charge in [0.15, 0.2) is 0 Å². The molecule has 0 bridgehead atoms. The summed E-state index contributed by atoms with van der Waals surface area (Å²) in [4.78, 5) is 16.6. The highest BCUT2D eigenvalue weighted by Crippen LogP contribution is 2.30. The number of hydrogen-bond donors (Lipinski definition) is 1. The maximum Gasteiger partial charge on any atom is 0.264 e. The number of thiophene rings is 1. The number of aryl methyl sites for hydroxylation is 1. The lowest BCUT2D eigenvalue weighted by Gasteiger charge is -2.33. The van der Waals surface area contributed by atoms with Gasteiger partial charge in [0.1, 0.15) is 10.6 Å². The van der Waals surface area contributed by atoms with Crippen molar-refractivity contribution in [2.75, 3.05) is 19.6 Å². The van der Waals surface area contributed by atoms with Gasteiger partial charge >= 0.3 is 0 Å². The Bertz CT molecular complexity index is 953. The summed E-state index contributed by atoms with van der Waals surface area (Å²) in [5.41, 5.74) is 1.89. The number of aromatic nitrogens is 2. The van der Waals surface area contributed by atoms with Crippen LogP contribution in [-0.2, 0) is 6.54 Å². The van der Waals surface area contributed by atoms with Gasteiger partial charge in [0.2, 0.25) is 0 Å². The number of piperazine rings is 1. The molecular weight excluding hydrogens is 387 g/mol. The Balaban J connectivity index is 0.00000210. The molecule has 4 rings (SSSR count). The van der Waals surface area contributed by atoms with Gasteiger partial charge in [-0.2, -0.15) is 5.10 Å². The Kier molecular flexibility index (Phi) is 5.83. The molecule has 1 amide bonds. The number of carbonyl (C=O) groups is 1. The first kappa shape index (κ1) is 19.8. The molecule has 144 valence electrons. The van der Waals surface area contributed by atoms with E-state index in [9.17, 15) is 9.18 Å². The summed E-state index contributed by atoms with van der Waals surface area (Å²) in [5, 5.41) is 8.92. The van der Waals surface area contributed by atoms with E-state index in [2.05, 4.69) is 17.3 Å². The quantitative estimate of drug-likeness (QED) is 0.722. The van der Waals surface area contributed by atoms with Crippen molar-refractivity contribution >= 4 is 39.9 Å². The number of fused-ring (bicyclic) bond motifs is 1. The molecule has 0 spiro atoms. The molecule has 0 aliphatic carbocycles. The van der Waals surface area contributed by atoms with E-state index in [4.69, 9.17) is 0 Å². The number of benzene rings is 1. The SMILES string of the molecule is Cc1nn(Cc2ccc(F)cc2)c2sc(C(=O)N3CCNC[C@@H]3C)cc12.Cl. The van der Waals surface area contributed by atoms with Crippen molar-refractivity contribution in [1.29, 1.82) is 0 Å². The average Bonchev–Trinajstić information content (AvgIpc) is 3.19. The minimum Gasteiger partial charge on any atom is -0.333 e. The highest BCUT2D eigenvalue weighted by molar-refractivity contribution is 7.20. The second kappa shape index (κ2) is 7.96. The topological polar surface area (TPSA) is 50.2 Å². The molecule has 1 aliphatic rings. The van der Waals surface area contributed by atoms with E-state index >= 15 is 0 Å². The van der Waals surface area contributed by atoms with Crippen molar-refractivity contribution < 1.29 is 9.18 Å². The van der Waals surface area contributed by atoms with Crippen molar-refractivity contribution in [3.05, 3.63) is 52.3 Å². The fraction of sp³-hybridized carbons (Fsp3) is 0.368. The summed E-state index contributed by atoms with van der Waals surface area (Å²) in [6.45, 7) is 6.97. The predicted octanol–water partition coefficient (Wildman–Crippen LogP) is 3.45. The van der Waals surface area contributed by atoms with Crippen LogP contribution in [0.1, 0.15) is 27.9 Å². The van der Waals surface area contributed by atoms with E-state index in [0.29, 0.717) is 6.54 Å². The van der Waals surface area contributed by atoms with Crippen molar-refractivity contribution in [2.45, 2.75) is 26.4 Å². The molecule has 3 aromatic rings. The Morgan fingerprint density at radius 2 is 2.11 bits per heavy atom. The first-order chi connectivity index (χ1) is 12.5. The lowest BCUT2D eigenvalue weighted by molar-refractivity contribution is 0.0661. The summed E-state index contributed by atoms with van der Waals surface area (Å²) >= 11 is 1.49. The second-order valence-corrected chi connectivity index (χ2v) is 7.78. The van der Waals surface area contributed by atoms with Crippen molar-refractivity contribution in [2.24, 2.45) is 0 Å². The number of nitrogens with zero attached hydrogens (tertiary/aromatic N) is 3. The van der Waals surface area contributed by atoms with E-state index in [1.165, 1.54) is 23.5 Å². The van der Waals surface area contributed by atoms with E-state index in [0.717, 1.165) is 46.0 Å². The first-order valence-corrected chi connectivity index (χ1v) is 9.57. The summed E-state index contributed by atoms with van der Waals surface area (Å²) in [7, 11) is 0. The average molecular weight is 409 g/mol. The molecule has 1 N–H and O–H groups in total. The van der Waals surface area contributed by atoms with Crippen LogP contribution in [0.25, 0.3) is 10.2 Å². The molecule has 27 heavy (non-hydrogen) atoms. The summed E-state index contributed by atoms with van der Waals surface area (Å²) in [6.07, 6.45) is 0. The van der Waals surface area contributed by atoms with Crippen LogP contribution >= 0.6 is 23.7 Å². The number of hydrogen-bond acceptors (Lipinski definition) is 4. The predicted molar refractivity (Wildman–Crippen MR) is 108 cm³/mol. The van der Waals surface area contributed by atoms with Crippen molar-refractivity contribution in [1.82, 2.24) is 20.0 Å². The number of nitrogens with one attached hydrogen (secondary N) is 1. The van der Waals surface area contributed by atoms with Crippen molar-refractivity contribution in [3.63, 3.8) is 0 Å². The molecule has 5 nitrogen and oxygen atoms in total. The molecular formula is C19H22ClFN4OS. The zero-order valence-electron chi connectivity index (χ0n) is 15.2. The third-order valence-corrected chi connectivity index (χ3v) is 5.96. The lowest BCUT2D eigenvalue weighted by Crippen LogP contribution is -2.52. The van der Waals surface area contributed by atoms with Gasteiger partial charge in [0, 0.05) is 31.1 Å². The van der Waals surface area contributed by atoms with Gasteiger partial charge in [0.05, 0.1) is 17.1 Å². The molecule has 0 radical (unpaired) electrons. The fourth-order valence-corrected chi connectivity index (χ4v) is 4.49. The van der Waals surface area contributed by atoms with Crippen LogP contribution in [0.5, 0.6) is 0 Å². The summed E-state index contributed by atoms with van der Waals surface area (Å²) < 4.78 is 15.0. The van der Waals surface area contributed by atoms with Gasteiger partial charge in [-0.15, -0.1) is 23.7 Å². The van der Waals surface area contributed by atoms with Crippen LogP contribution in [0, 0.1) is 12.7 Å². The maximum atomic E-state index is 13.1. The van der Waals surface area contributed by atoms with Crippen LogP contribution < -0.4 is 5.32 Å². The number of halogens is 2. The standard InChI is InChI=1S/C19H21FN4OS.ClH/c1-12-10-21-7-8-23(12)18(25)17-9-16-13(2)22-24(19(16)26-17)11-14-3-5-15(20)6-4-14;/h3-6,9,12,21H,7-8,10-11H2,1-2H3;1H/t12-;/m0./s1. The van der Waals surface area contributed by atoms with Crippen molar-refractivity contribution in [3.8, 4) is 0 Å². The van der Waals surface area contributed by atoms with E-state index in [-0.39, 0.29) is 30.2 Å². The highest BCUT2D eigenvalue weighted by Gasteiger charge is 2.26. The fourth-order valence-electron chi connectivity index (χ4n) is 3.37. The van der Waals surface area contributed by atoms with Gasteiger partial charge in [-0.3, -0.25) is 9.48 Å². The van der Waals surface area contributed by atoms with Gasteiger partial charge in [-0.25, -0.2) is 4.39 Å². The third kappa shape index (κ3) is 3.85. The molecule has 1 atom stereocenters. The number of rotatable bonds is 3.